The van der Waals surface area contributed by atoms with Gasteiger partial charge in [0.25, 0.3) is 0 Å². The molecule has 0 saturated carbocycles. The number of nitrogens with zero attached hydrogens (tertiary/aromatic N) is 3. The summed E-state index contributed by atoms with van der Waals surface area (Å²) in [4.78, 5) is 52.7. The quantitative estimate of drug-likeness (QED) is 0.162. The molecule has 0 aliphatic rings. The zero-order valence-corrected chi connectivity index (χ0v) is 21.0. The van der Waals surface area contributed by atoms with E-state index in [9.17, 15) is 19.2 Å². The van der Waals surface area contributed by atoms with E-state index in [4.69, 9.17) is 21.4 Å². The highest BCUT2D eigenvalue weighted by molar-refractivity contribution is 5.94. The summed E-state index contributed by atoms with van der Waals surface area (Å²) in [6.45, 7) is 5.88. The van der Waals surface area contributed by atoms with Crippen LogP contribution in [0, 0.1) is 12.3 Å². The van der Waals surface area contributed by atoms with E-state index in [1.165, 1.54) is 27.1 Å². The smallest absolute Gasteiger partial charge is 0.408 e. The third-order valence-corrected chi connectivity index (χ3v) is 4.59. The van der Waals surface area contributed by atoms with Crippen molar-refractivity contribution in [3.05, 3.63) is 39.8 Å². The molecule has 13 nitrogen and oxygen atoms in total. The summed E-state index contributed by atoms with van der Waals surface area (Å²) >= 11 is 0. The molecule has 0 aliphatic heterocycles. The van der Waals surface area contributed by atoms with Gasteiger partial charge in [-0.25, -0.2) is 4.79 Å². The largest absolute Gasteiger partial charge is 0.495 e. The van der Waals surface area contributed by atoms with Gasteiger partial charge in [0.05, 0.1) is 19.2 Å². The first-order valence-corrected chi connectivity index (χ1v) is 10.8. The van der Waals surface area contributed by atoms with E-state index in [1.54, 1.807) is 32.9 Å². The Labute approximate surface area is 209 Å². The van der Waals surface area contributed by atoms with E-state index in [1.807, 2.05) is 0 Å². The highest BCUT2D eigenvalue weighted by Gasteiger charge is 2.29. The number of methoxy groups -OCH3 is 1. The maximum Gasteiger partial charge on any atom is 0.408 e. The van der Waals surface area contributed by atoms with Crippen LogP contribution in [-0.4, -0.2) is 62.2 Å². The topological polar surface area (TPSA) is 184 Å². The fraction of sp³-hybridized carbons (Fsp3) is 0.478. The van der Waals surface area contributed by atoms with Crippen LogP contribution in [0.15, 0.2) is 23.3 Å². The Morgan fingerprint density at radius 3 is 2.33 bits per heavy atom. The number of benzene rings is 1. The summed E-state index contributed by atoms with van der Waals surface area (Å²) in [7, 11) is 2.85. The zero-order chi connectivity index (χ0) is 27.5. The predicted octanol–water partition coefficient (Wildman–Crippen LogP) is 1.29. The first-order valence-electron chi connectivity index (χ1n) is 10.8. The van der Waals surface area contributed by atoms with Gasteiger partial charge < -0.3 is 30.7 Å². The molecule has 0 saturated heterocycles. The number of alkyl carbamates (subject to hydrolysis) is 1. The Morgan fingerprint density at radius 1 is 1.14 bits per heavy atom. The zero-order valence-electron chi connectivity index (χ0n) is 21.0. The maximum atomic E-state index is 12.8. The number of hydrogen-bond acceptors (Lipinski definition) is 7. The third-order valence-electron chi connectivity index (χ3n) is 4.59. The molecule has 4 amide bonds. The number of amides is 4. The number of nitrogens with one attached hydrogen (secondary N) is 4. The van der Waals surface area contributed by atoms with E-state index in [-0.39, 0.29) is 0 Å². The fourth-order valence-electron chi connectivity index (χ4n) is 2.87. The second-order valence-corrected chi connectivity index (χ2v) is 8.50. The number of hydrogen-bond donors (Lipinski definition) is 4. The number of azide groups is 1. The number of carbonyl (C=O) groups is 4. The van der Waals surface area contributed by atoms with E-state index in [0.29, 0.717) is 16.9 Å². The molecule has 0 radical (unpaired) electrons. The molecular weight excluding hydrogens is 470 g/mol. The predicted molar refractivity (Wildman–Crippen MR) is 131 cm³/mol. The SMILES string of the molecule is C#Cc1cc([C@H](NC(=O)[C@@H](C)NC(=O)[C@H](CN=[N+]=[N-])NC(=O)OC(C)(C)C)C(=O)NC)ccc1OC. The Bertz CT molecular complexity index is 1070. The van der Waals surface area contributed by atoms with Gasteiger partial charge in [-0.15, -0.1) is 6.42 Å². The average Bonchev–Trinajstić information content (AvgIpc) is 2.82. The molecule has 194 valence electrons. The van der Waals surface area contributed by atoms with Gasteiger partial charge in [0.15, 0.2) is 0 Å². The molecule has 1 aromatic rings. The molecule has 0 aliphatic carbocycles. The summed E-state index contributed by atoms with van der Waals surface area (Å²) in [6, 6.07) is 1.11. The van der Waals surface area contributed by atoms with Crippen molar-refractivity contribution in [2.24, 2.45) is 5.11 Å². The highest BCUT2D eigenvalue weighted by atomic mass is 16.6. The molecular formula is C23H31N7O6. The van der Waals surface area contributed by atoms with Crippen LogP contribution in [0.1, 0.15) is 44.9 Å². The Balaban J connectivity index is 3.02. The molecule has 0 unspecified atom stereocenters. The number of terminal acetylenes is 1. The van der Waals surface area contributed by atoms with Crippen LogP contribution in [0.3, 0.4) is 0 Å². The Morgan fingerprint density at radius 2 is 1.81 bits per heavy atom. The standard InChI is InChI=1S/C23H31N7O6/c1-8-14-11-15(9-10-17(14)35-7)18(21(33)25-6)29-19(31)13(2)27-20(32)16(12-26-30-24)28-22(34)36-23(3,4)5/h1,9-11,13,16,18H,12H2,2-7H3,(H,25,33)(H,27,32)(H,28,34)(H,29,31)/t13-,16+,18+/m1/s1. The minimum atomic E-state index is -1.31. The minimum absolute atomic E-state index is 0.383. The molecule has 0 bridgehead atoms. The van der Waals surface area contributed by atoms with E-state index in [2.05, 4.69) is 37.2 Å². The summed E-state index contributed by atoms with van der Waals surface area (Å²) in [5, 5.41) is 13.1. The van der Waals surface area contributed by atoms with Crippen molar-refractivity contribution in [1.82, 2.24) is 21.3 Å². The van der Waals surface area contributed by atoms with E-state index < -0.39 is 54.1 Å². The number of rotatable bonds is 10. The van der Waals surface area contributed by atoms with Crippen LogP contribution in [0.5, 0.6) is 5.75 Å². The molecule has 1 aromatic carbocycles. The van der Waals surface area contributed by atoms with Crippen LogP contribution in [0.2, 0.25) is 0 Å². The van der Waals surface area contributed by atoms with Crippen molar-refractivity contribution in [1.29, 1.82) is 0 Å². The average molecular weight is 502 g/mol. The number of carbonyl (C=O) groups excluding carboxylic acids is 4. The molecule has 0 fully saturated rings. The minimum Gasteiger partial charge on any atom is -0.495 e. The van der Waals surface area contributed by atoms with Crippen molar-refractivity contribution in [2.75, 3.05) is 20.7 Å². The van der Waals surface area contributed by atoms with Gasteiger partial charge in [-0.2, -0.15) is 0 Å². The molecule has 4 N–H and O–H groups in total. The molecule has 1 rings (SSSR count). The van der Waals surface area contributed by atoms with Gasteiger partial charge in [-0.05, 0) is 50.9 Å². The normalized spacial score (nSPS) is 12.9. The first kappa shape index (κ1) is 29.6. The highest BCUT2D eigenvalue weighted by Crippen LogP contribution is 2.23. The second-order valence-electron chi connectivity index (χ2n) is 8.50. The van der Waals surface area contributed by atoms with Gasteiger partial charge in [0, 0.05) is 12.0 Å². The van der Waals surface area contributed by atoms with Crippen LogP contribution < -0.4 is 26.0 Å². The molecule has 36 heavy (non-hydrogen) atoms. The Hall–Kier alpha value is -4.43. The fourth-order valence-corrected chi connectivity index (χ4v) is 2.87. The van der Waals surface area contributed by atoms with Crippen LogP contribution >= 0.6 is 0 Å². The molecule has 0 aromatic heterocycles. The van der Waals surface area contributed by atoms with Crippen molar-refractivity contribution in [2.45, 2.75) is 51.4 Å². The molecule has 13 heteroatoms. The van der Waals surface area contributed by atoms with Crippen molar-refractivity contribution >= 4 is 23.8 Å². The molecule has 3 atom stereocenters. The second kappa shape index (κ2) is 13.5. The molecule has 0 spiro atoms. The molecule has 0 heterocycles. The summed E-state index contributed by atoms with van der Waals surface area (Å²) in [5.74, 6) is 0.854. The van der Waals surface area contributed by atoms with Gasteiger partial charge in [-0.1, -0.05) is 17.1 Å². The van der Waals surface area contributed by atoms with Crippen molar-refractivity contribution in [3.8, 4) is 18.1 Å². The van der Waals surface area contributed by atoms with Gasteiger partial charge >= 0.3 is 6.09 Å². The Kier molecular flexibility index (Phi) is 11.1. The van der Waals surface area contributed by atoms with Crippen molar-refractivity contribution in [3.63, 3.8) is 0 Å². The summed E-state index contributed by atoms with van der Waals surface area (Å²) < 4.78 is 10.3. The lowest BCUT2D eigenvalue weighted by atomic mass is 10.0. The van der Waals surface area contributed by atoms with Crippen LogP contribution in [0.25, 0.3) is 10.4 Å². The van der Waals surface area contributed by atoms with Crippen LogP contribution in [-0.2, 0) is 19.1 Å². The van der Waals surface area contributed by atoms with Gasteiger partial charge in [-0.3, -0.25) is 14.4 Å². The van der Waals surface area contributed by atoms with E-state index >= 15 is 0 Å². The lowest BCUT2D eigenvalue weighted by Crippen LogP contribution is -2.55. The number of ether oxygens (including phenoxy) is 2. The number of likely N-dealkylation sites (N-methyl/N-ethyl adjacent to an activating group) is 1. The van der Waals surface area contributed by atoms with Gasteiger partial charge in [0.2, 0.25) is 17.7 Å². The monoisotopic (exact) mass is 501 g/mol. The van der Waals surface area contributed by atoms with Crippen molar-refractivity contribution < 1.29 is 28.7 Å². The van der Waals surface area contributed by atoms with Crippen LogP contribution in [0.4, 0.5) is 4.79 Å². The summed E-state index contributed by atoms with van der Waals surface area (Å²) in [6.07, 6.45) is 4.60. The van der Waals surface area contributed by atoms with Gasteiger partial charge in [0.1, 0.15) is 29.5 Å². The maximum absolute atomic E-state index is 12.8. The third kappa shape index (κ3) is 9.08. The van der Waals surface area contributed by atoms with E-state index in [0.717, 1.165) is 0 Å². The first-order chi connectivity index (χ1) is 16.9. The lowest BCUT2D eigenvalue weighted by Gasteiger charge is -2.24. The lowest BCUT2D eigenvalue weighted by molar-refractivity contribution is -0.132. The summed E-state index contributed by atoms with van der Waals surface area (Å²) in [5.41, 5.74) is 8.55.